The van der Waals surface area contributed by atoms with Crippen LogP contribution in [0.15, 0.2) is 12.3 Å². The van der Waals surface area contributed by atoms with E-state index in [1.807, 2.05) is 6.07 Å². The third kappa shape index (κ3) is 1.71. The maximum atomic E-state index is 8.57. The van der Waals surface area contributed by atoms with Gasteiger partial charge in [-0.15, -0.1) is 11.5 Å². The summed E-state index contributed by atoms with van der Waals surface area (Å²) in [5.74, 6) is 2.45. The molecule has 0 atom stereocenters. The molecule has 0 unspecified atom stereocenters. The second kappa shape index (κ2) is 3.95. The minimum atomic E-state index is 0.0906. The lowest BCUT2D eigenvalue weighted by molar-refractivity contribution is 0.349. The fraction of sp³-hybridized carbons (Fsp3) is 0.125. The van der Waals surface area contributed by atoms with Crippen LogP contribution >= 0.6 is 0 Å². The van der Waals surface area contributed by atoms with Crippen LogP contribution in [-0.2, 0) is 0 Å². The van der Waals surface area contributed by atoms with Crippen molar-refractivity contribution in [3.63, 3.8) is 0 Å². The number of hydrogen-bond donors (Lipinski definition) is 0. The van der Waals surface area contributed by atoms with Gasteiger partial charge < -0.3 is 4.74 Å². The molecule has 0 aliphatic heterocycles. The molecule has 1 aromatic rings. The van der Waals surface area contributed by atoms with Gasteiger partial charge in [-0.25, -0.2) is 0 Å². The van der Waals surface area contributed by atoms with E-state index in [-0.39, 0.29) is 12.5 Å². The lowest BCUT2D eigenvalue weighted by Crippen LogP contribution is -1.99. The van der Waals surface area contributed by atoms with Gasteiger partial charge in [0.25, 0.3) is 5.88 Å². The third-order valence-electron chi connectivity index (χ3n) is 1.10. The number of nitrogens with zero attached hydrogens (tertiary/aromatic N) is 3. The smallest absolute Gasteiger partial charge is 0.252 e. The van der Waals surface area contributed by atoms with Gasteiger partial charge in [-0.3, -0.25) is 0 Å². The molecule has 0 amide bonds. The molecule has 1 rings (SSSR count). The Kier molecular flexibility index (Phi) is 2.64. The number of nitriles is 1. The van der Waals surface area contributed by atoms with E-state index in [0.717, 1.165) is 0 Å². The van der Waals surface area contributed by atoms with Crippen LogP contribution in [0.5, 0.6) is 5.88 Å². The predicted octanol–water partition coefficient (Wildman–Crippen LogP) is 0.360. The standard InChI is InChI=1S/C8H5N3O/c1-2-5-12-8-7(6-9)3-4-10-11-8/h1,3-4H,5H2. The van der Waals surface area contributed by atoms with Crippen LogP contribution in [0.4, 0.5) is 0 Å². The van der Waals surface area contributed by atoms with Crippen LogP contribution in [0.3, 0.4) is 0 Å². The summed E-state index contributed by atoms with van der Waals surface area (Å²) in [5, 5.41) is 15.7. The first kappa shape index (κ1) is 8.03. The summed E-state index contributed by atoms with van der Waals surface area (Å²) in [6.07, 6.45) is 6.38. The summed E-state index contributed by atoms with van der Waals surface area (Å²) < 4.78 is 4.94. The van der Waals surface area contributed by atoms with Crippen LogP contribution in [0.25, 0.3) is 0 Å². The maximum Gasteiger partial charge on any atom is 0.252 e. The second-order valence-corrected chi connectivity index (χ2v) is 1.85. The van der Waals surface area contributed by atoms with E-state index in [0.29, 0.717) is 5.56 Å². The summed E-state index contributed by atoms with van der Waals surface area (Å²) >= 11 is 0. The van der Waals surface area contributed by atoms with E-state index in [1.54, 1.807) is 0 Å². The van der Waals surface area contributed by atoms with Crippen molar-refractivity contribution in [2.45, 2.75) is 0 Å². The molecule has 4 nitrogen and oxygen atoms in total. The Morgan fingerprint density at radius 3 is 3.17 bits per heavy atom. The van der Waals surface area contributed by atoms with Crippen molar-refractivity contribution in [3.8, 4) is 24.3 Å². The van der Waals surface area contributed by atoms with Gasteiger partial charge in [-0.05, 0) is 6.07 Å². The van der Waals surface area contributed by atoms with E-state index in [2.05, 4.69) is 16.1 Å². The molecule has 0 bridgehead atoms. The van der Waals surface area contributed by atoms with Crippen LogP contribution in [-0.4, -0.2) is 16.8 Å². The predicted molar refractivity (Wildman–Crippen MR) is 41.1 cm³/mol. The van der Waals surface area contributed by atoms with Gasteiger partial charge in [0, 0.05) is 0 Å². The summed E-state index contributed by atoms with van der Waals surface area (Å²) in [4.78, 5) is 0. The van der Waals surface area contributed by atoms with Gasteiger partial charge in [-0.1, -0.05) is 5.92 Å². The van der Waals surface area contributed by atoms with Gasteiger partial charge >= 0.3 is 0 Å². The highest BCUT2D eigenvalue weighted by molar-refractivity contribution is 5.35. The number of ether oxygens (including phenoxy) is 1. The van der Waals surface area contributed by atoms with E-state index in [9.17, 15) is 0 Å². The molecule has 0 fully saturated rings. The summed E-state index contributed by atoms with van der Waals surface area (Å²) in [6.45, 7) is 0.0906. The van der Waals surface area contributed by atoms with Gasteiger partial charge in [-0.2, -0.15) is 10.4 Å². The summed E-state index contributed by atoms with van der Waals surface area (Å²) in [5.41, 5.74) is 0.334. The average Bonchev–Trinajstić information content (AvgIpc) is 2.15. The molecular formula is C8H5N3O. The van der Waals surface area contributed by atoms with Crippen LogP contribution in [0, 0.1) is 23.7 Å². The molecule has 0 spiro atoms. The van der Waals surface area contributed by atoms with Gasteiger partial charge in [0.1, 0.15) is 11.6 Å². The monoisotopic (exact) mass is 159 g/mol. The molecule has 0 radical (unpaired) electrons. The molecule has 58 valence electrons. The highest BCUT2D eigenvalue weighted by atomic mass is 16.5. The Balaban J connectivity index is 2.86. The van der Waals surface area contributed by atoms with Crippen molar-refractivity contribution in [2.24, 2.45) is 0 Å². The number of terminal acetylenes is 1. The van der Waals surface area contributed by atoms with Gasteiger partial charge in [0.15, 0.2) is 6.61 Å². The summed E-state index contributed by atoms with van der Waals surface area (Å²) in [7, 11) is 0. The zero-order valence-corrected chi connectivity index (χ0v) is 6.19. The first-order chi connectivity index (χ1) is 5.88. The molecule has 0 aromatic carbocycles. The quantitative estimate of drug-likeness (QED) is 0.584. The van der Waals surface area contributed by atoms with E-state index in [1.165, 1.54) is 12.3 Å². The lowest BCUT2D eigenvalue weighted by atomic mass is 10.3. The van der Waals surface area contributed by atoms with E-state index >= 15 is 0 Å². The number of hydrogen-bond acceptors (Lipinski definition) is 4. The Hall–Kier alpha value is -2.07. The largest absolute Gasteiger partial charge is 0.462 e. The molecule has 0 saturated carbocycles. The minimum Gasteiger partial charge on any atom is -0.462 e. The zero-order valence-electron chi connectivity index (χ0n) is 6.19. The number of aromatic nitrogens is 2. The highest BCUT2D eigenvalue weighted by Gasteiger charge is 2.02. The fourth-order valence-electron chi connectivity index (χ4n) is 0.621. The Morgan fingerprint density at radius 1 is 1.67 bits per heavy atom. The molecule has 0 saturated heterocycles. The minimum absolute atomic E-state index is 0.0906. The molecule has 1 heterocycles. The molecule has 1 aromatic heterocycles. The lowest BCUT2D eigenvalue weighted by Gasteiger charge is -1.99. The molecule has 0 N–H and O–H groups in total. The molecular weight excluding hydrogens is 154 g/mol. The van der Waals surface area contributed by atoms with E-state index < -0.39 is 0 Å². The maximum absolute atomic E-state index is 8.57. The van der Waals surface area contributed by atoms with Crippen molar-refractivity contribution >= 4 is 0 Å². The number of rotatable bonds is 2. The summed E-state index contributed by atoms with van der Waals surface area (Å²) in [6, 6.07) is 3.42. The Labute approximate surface area is 69.8 Å². The topological polar surface area (TPSA) is 58.8 Å². The van der Waals surface area contributed by atoms with Crippen molar-refractivity contribution < 1.29 is 4.74 Å². The first-order valence-electron chi connectivity index (χ1n) is 3.16. The van der Waals surface area contributed by atoms with E-state index in [4.69, 9.17) is 16.4 Å². The SMILES string of the molecule is C#CCOc1nnccc1C#N. The van der Waals surface area contributed by atoms with Crippen LogP contribution in [0.1, 0.15) is 5.56 Å². The highest BCUT2D eigenvalue weighted by Crippen LogP contribution is 2.10. The van der Waals surface area contributed by atoms with Gasteiger partial charge in [0.05, 0.1) is 6.20 Å². The Bertz CT molecular complexity index is 348. The second-order valence-electron chi connectivity index (χ2n) is 1.85. The average molecular weight is 159 g/mol. The molecule has 4 heteroatoms. The van der Waals surface area contributed by atoms with Crippen molar-refractivity contribution in [1.82, 2.24) is 10.2 Å². The normalized spacial score (nSPS) is 8.17. The van der Waals surface area contributed by atoms with Gasteiger partial charge in [0.2, 0.25) is 0 Å². The van der Waals surface area contributed by atoms with Crippen LogP contribution in [0.2, 0.25) is 0 Å². The van der Waals surface area contributed by atoms with Crippen molar-refractivity contribution in [1.29, 1.82) is 5.26 Å². The first-order valence-corrected chi connectivity index (χ1v) is 3.16. The zero-order chi connectivity index (χ0) is 8.81. The Morgan fingerprint density at radius 2 is 2.50 bits per heavy atom. The fourth-order valence-corrected chi connectivity index (χ4v) is 0.621. The molecule has 0 aliphatic rings. The third-order valence-corrected chi connectivity index (χ3v) is 1.10. The van der Waals surface area contributed by atoms with Crippen molar-refractivity contribution in [3.05, 3.63) is 17.8 Å². The molecule has 12 heavy (non-hydrogen) atoms. The van der Waals surface area contributed by atoms with Crippen LogP contribution < -0.4 is 4.74 Å². The molecule has 0 aliphatic carbocycles. The van der Waals surface area contributed by atoms with Crippen molar-refractivity contribution in [2.75, 3.05) is 6.61 Å².